The van der Waals surface area contributed by atoms with Gasteiger partial charge in [0.2, 0.25) is 11.8 Å². The summed E-state index contributed by atoms with van der Waals surface area (Å²) in [4.78, 5) is 25.4. The van der Waals surface area contributed by atoms with E-state index in [4.69, 9.17) is 0 Å². The van der Waals surface area contributed by atoms with E-state index in [0.29, 0.717) is 25.7 Å². The normalized spacial score (nSPS) is 13.6. The Kier molecular flexibility index (Phi) is 4.60. The smallest absolute Gasteiger partial charge is 0.227 e. The molecule has 0 saturated heterocycles. The van der Waals surface area contributed by atoms with E-state index in [9.17, 15) is 14.0 Å². The number of halogens is 1. The molecule has 4 nitrogen and oxygen atoms in total. The van der Waals surface area contributed by atoms with E-state index in [1.54, 1.807) is 24.1 Å². The van der Waals surface area contributed by atoms with Gasteiger partial charge in [-0.25, -0.2) is 4.39 Å². The molecule has 2 aromatic rings. The quantitative estimate of drug-likeness (QED) is 0.937. The molecule has 1 aliphatic rings. The summed E-state index contributed by atoms with van der Waals surface area (Å²) in [5, 5.41) is 2.87. The zero-order valence-corrected chi connectivity index (χ0v) is 13.5. The van der Waals surface area contributed by atoms with Gasteiger partial charge in [0.1, 0.15) is 5.82 Å². The van der Waals surface area contributed by atoms with E-state index in [2.05, 4.69) is 5.32 Å². The zero-order chi connectivity index (χ0) is 17.1. The van der Waals surface area contributed by atoms with Crippen molar-refractivity contribution in [3.8, 4) is 0 Å². The maximum atomic E-state index is 13.1. The molecule has 0 saturated carbocycles. The number of fused-ring (bicyclic) bond motifs is 1. The highest BCUT2D eigenvalue weighted by molar-refractivity contribution is 5.97. The molecular weight excluding hydrogens is 307 g/mol. The van der Waals surface area contributed by atoms with E-state index in [1.807, 2.05) is 18.2 Å². The van der Waals surface area contributed by atoms with Crippen molar-refractivity contribution in [3.63, 3.8) is 0 Å². The Bertz CT molecular complexity index is 789. The molecule has 0 atom stereocenters. The summed E-state index contributed by atoms with van der Waals surface area (Å²) in [5.41, 5.74) is 3.47. The number of carbonyl (C=O) groups excluding carboxylic acids is 2. The molecule has 5 heteroatoms. The minimum atomic E-state index is -0.290. The fraction of sp³-hybridized carbons (Fsp3) is 0.263. The van der Waals surface area contributed by atoms with Gasteiger partial charge in [-0.2, -0.15) is 0 Å². The van der Waals surface area contributed by atoms with Crippen LogP contribution < -0.4 is 10.2 Å². The van der Waals surface area contributed by atoms with Crippen LogP contribution in [0.2, 0.25) is 0 Å². The molecule has 2 amide bonds. The van der Waals surface area contributed by atoms with Crippen molar-refractivity contribution in [2.24, 2.45) is 0 Å². The largest absolute Gasteiger partial charge is 0.326 e. The fourth-order valence-corrected chi connectivity index (χ4v) is 2.91. The van der Waals surface area contributed by atoms with Gasteiger partial charge in [-0.1, -0.05) is 12.1 Å². The SMILES string of the molecule is CN1C(=O)CCc2cc(NC(=O)CCc3cccc(F)c3)ccc21. The van der Waals surface area contributed by atoms with Crippen molar-refractivity contribution in [2.45, 2.75) is 25.7 Å². The summed E-state index contributed by atoms with van der Waals surface area (Å²) in [5.74, 6) is -0.296. The van der Waals surface area contributed by atoms with Crippen molar-refractivity contribution in [1.82, 2.24) is 0 Å². The first-order chi connectivity index (χ1) is 11.5. The Hall–Kier alpha value is -2.69. The Balaban J connectivity index is 1.62. The minimum absolute atomic E-state index is 0.106. The van der Waals surface area contributed by atoms with E-state index >= 15 is 0 Å². The lowest BCUT2D eigenvalue weighted by atomic mass is 10.0. The second-order valence-corrected chi connectivity index (χ2v) is 5.97. The van der Waals surface area contributed by atoms with Crippen LogP contribution >= 0.6 is 0 Å². The van der Waals surface area contributed by atoms with Gasteiger partial charge < -0.3 is 10.2 Å². The van der Waals surface area contributed by atoms with E-state index < -0.39 is 0 Å². The third-order valence-electron chi connectivity index (χ3n) is 4.24. The highest BCUT2D eigenvalue weighted by Gasteiger charge is 2.20. The second kappa shape index (κ2) is 6.83. The molecule has 0 spiro atoms. The number of benzene rings is 2. The molecule has 0 radical (unpaired) electrons. The average molecular weight is 326 g/mol. The fourth-order valence-electron chi connectivity index (χ4n) is 2.91. The molecule has 0 fully saturated rings. The Morgan fingerprint density at radius 1 is 1.21 bits per heavy atom. The van der Waals surface area contributed by atoms with Crippen LogP contribution in [-0.4, -0.2) is 18.9 Å². The molecule has 124 valence electrons. The molecule has 24 heavy (non-hydrogen) atoms. The van der Waals surface area contributed by atoms with Crippen molar-refractivity contribution in [1.29, 1.82) is 0 Å². The molecule has 3 rings (SSSR count). The first kappa shape index (κ1) is 16.2. The summed E-state index contributed by atoms with van der Waals surface area (Å²) in [6.45, 7) is 0. The molecule has 1 aliphatic heterocycles. The molecule has 0 unspecified atom stereocenters. The third kappa shape index (κ3) is 3.62. The van der Waals surface area contributed by atoms with E-state index in [0.717, 1.165) is 22.5 Å². The maximum absolute atomic E-state index is 13.1. The molecule has 0 bridgehead atoms. The van der Waals surface area contributed by atoms with Gasteiger partial charge >= 0.3 is 0 Å². The highest BCUT2D eigenvalue weighted by Crippen LogP contribution is 2.29. The van der Waals surface area contributed by atoms with Crippen LogP contribution in [0.5, 0.6) is 0 Å². The van der Waals surface area contributed by atoms with Crippen LogP contribution in [0.1, 0.15) is 24.0 Å². The summed E-state index contributed by atoms with van der Waals surface area (Å²) in [6, 6.07) is 11.9. The van der Waals surface area contributed by atoms with Gasteiger partial charge in [-0.15, -0.1) is 0 Å². The monoisotopic (exact) mass is 326 g/mol. The zero-order valence-electron chi connectivity index (χ0n) is 13.5. The van der Waals surface area contributed by atoms with Crippen LogP contribution in [0.25, 0.3) is 0 Å². The number of carbonyl (C=O) groups is 2. The van der Waals surface area contributed by atoms with Crippen molar-refractivity contribution >= 4 is 23.2 Å². The standard InChI is InChI=1S/C19H19FN2O2/c1-22-17-8-7-16(12-14(17)6-10-19(22)24)21-18(23)9-5-13-3-2-4-15(20)11-13/h2-4,7-8,11-12H,5-6,9-10H2,1H3,(H,21,23). The number of hydrogen-bond acceptors (Lipinski definition) is 2. The number of amides is 2. The Labute approximate surface area is 140 Å². The van der Waals surface area contributed by atoms with Crippen LogP contribution in [0.3, 0.4) is 0 Å². The van der Waals surface area contributed by atoms with Gasteiger partial charge in [0.15, 0.2) is 0 Å². The molecule has 1 heterocycles. The lowest BCUT2D eigenvalue weighted by molar-refractivity contribution is -0.118. The van der Waals surface area contributed by atoms with Gasteiger partial charge in [-0.3, -0.25) is 9.59 Å². The van der Waals surface area contributed by atoms with E-state index in [-0.39, 0.29) is 17.6 Å². The lowest BCUT2D eigenvalue weighted by Gasteiger charge is -2.26. The number of aryl methyl sites for hydroxylation is 2. The average Bonchev–Trinajstić information content (AvgIpc) is 2.57. The minimum Gasteiger partial charge on any atom is -0.326 e. The van der Waals surface area contributed by atoms with Gasteiger partial charge in [0, 0.05) is 31.3 Å². The Morgan fingerprint density at radius 2 is 2.04 bits per heavy atom. The molecule has 1 N–H and O–H groups in total. The molecule has 2 aromatic carbocycles. The third-order valence-corrected chi connectivity index (χ3v) is 4.24. The number of nitrogens with one attached hydrogen (secondary N) is 1. The first-order valence-corrected chi connectivity index (χ1v) is 7.97. The number of hydrogen-bond donors (Lipinski definition) is 1. The first-order valence-electron chi connectivity index (χ1n) is 7.97. The summed E-state index contributed by atoms with van der Waals surface area (Å²) in [7, 11) is 1.76. The number of anilines is 2. The summed E-state index contributed by atoms with van der Waals surface area (Å²) >= 11 is 0. The van der Waals surface area contributed by atoms with Gasteiger partial charge in [0.05, 0.1) is 0 Å². The summed E-state index contributed by atoms with van der Waals surface area (Å²) < 4.78 is 13.1. The van der Waals surface area contributed by atoms with Gasteiger partial charge in [0.25, 0.3) is 0 Å². The van der Waals surface area contributed by atoms with Crippen molar-refractivity contribution in [3.05, 3.63) is 59.4 Å². The van der Waals surface area contributed by atoms with Crippen molar-refractivity contribution in [2.75, 3.05) is 17.3 Å². The van der Waals surface area contributed by atoms with Gasteiger partial charge in [-0.05, 0) is 54.3 Å². The molecule has 0 aromatic heterocycles. The highest BCUT2D eigenvalue weighted by atomic mass is 19.1. The van der Waals surface area contributed by atoms with Crippen LogP contribution in [0.15, 0.2) is 42.5 Å². The maximum Gasteiger partial charge on any atom is 0.227 e. The Morgan fingerprint density at radius 3 is 2.83 bits per heavy atom. The van der Waals surface area contributed by atoms with Crippen LogP contribution in [0, 0.1) is 5.82 Å². The van der Waals surface area contributed by atoms with Crippen LogP contribution in [0.4, 0.5) is 15.8 Å². The molecular formula is C19H19FN2O2. The molecule has 0 aliphatic carbocycles. The summed E-state index contributed by atoms with van der Waals surface area (Å²) in [6.07, 6.45) is 1.96. The number of nitrogens with zero attached hydrogens (tertiary/aromatic N) is 1. The van der Waals surface area contributed by atoms with Crippen molar-refractivity contribution < 1.29 is 14.0 Å². The van der Waals surface area contributed by atoms with E-state index in [1.165, 1.54) is 12.1 Å². The van der Waals surface area contributed by atoms with Crippen LogP contribution in [-0.2, 0) is 22.4 Å². The number of rotatable bonds is 4. The predicted octanol–water partition coefficient (Wildman–Crippen LogP) is 3.31. The predicted molar refractivity (Wildman–Crippen MR) is 91.5 cm³/mol. The second-order valence-electron chi connectivity index (χ2n) is 5.97. The lowest BCUT2D eigenvalue weighted by Crippen LogP contribution is -2.31. The topological polar surface area (TPSA) is 49.4 Å².